The molecule has 2 atom stereocenters. The van der Waals surface area contributed by atoms with E-state index in [1.165, 1.54) is 19.3 Å². The van der Waals surface area contributed by atoms with Crippen LogP contribution in [0.1, 0.15) is 51.6 Å². The summed E-state index contributed by atoms with van der Waals surface area (Å²) in [6.45, 7) is 7.29. The number of hydrogen-bond donors (Lipinski definition) is 2. The average Bonchev–Trinajstić information content (AvgIpc) is 2.72. The summed E-state index contributed by atoms with van der Waals surface area (Å²) in [5, 5.41) is 0. The molecule has 0 aliphatic heterocycles. The monoisotopic (exact) mass is 263 g/mol. The molecule has 1 heterocycles. The van der Waals surface area contributed by atoms with Crippen LogP contribution in [0.4, 0.5) is 0 Å². The molecule has 1 aliphatic rings. The van der Waals surface area contributed by atoms with Gasteiger partial charge in [-0.2, -0.15) is 0 Å². The third kappa shape index (κ3) is 3.07. The number of nitrogens with zero attached hydrogens (tertiary/aromatic N) is 1. The summed E-state index contributed by atoms with van der Waals surface area (Å²) in [4.78, 5) is 4.27. The molecule has 4 heteroatoms. The lowest BCUT2D eigenvalue weighted by molar-refractivity contribution is 0.197. The maximum absolute atomic E-state index is 5.81. The van der Waals surface area contributed by atoms with Gasteiger partial charge >= 0.3 is 0 Å². The second-order valence-corrected chi connectivity index (χ2v) is 6.02. The van der Waals surface area contributed by atoms with Gasteiger partial charge in [-0.15, -0.1) is 0 Å². The Morgan fingerprint density at radius 1 is 1.53 bits per heavy atom. The van der Waals surface area contributed by atoms with Gasteiger partial charge in [0.1, 0.15) is 5.75 Å². The zero-order chi connectivity index (χ0) is 13.9. The molecule has 0 aromatic carbocycles. The van der Waals surface area contributed by atoms with Crippen LogP contribution in [-0.2, 0) is 0 Å². The van der Waals surface area contributed by atoms with Crippen molar-refractivity contribution in [2.75, 3.05) is 6.61 Å². The first-order valence-electron chi connectivity index (χ1n) is 7.12. The molecule has 1 fully saturated rings. The molecule has 1 aromatic heterocycles. The van der Waals surface area contributed by atoms with Crippen molar-refractivity contribution in [1.29, 1.82) is 0 Å². The number of rotatable bonds is 5. The minimum atomic E-state index is 0.144. The zero-order valence-electron chi connectivity index (χ0n) is 12.1. The van der Waals surface area contributed by atoms with E-state index in [1.807, 2.05) is 13.1 Å². The van der Waals surface area contributed by atoms with Crippen LogP contribution in [0.3, 0.4) is 0 Å². The van der Waals surface area contributed by atoms with Crippen LogP contribution in [0, 0.1) is 11.3 Å². The van der Waals surface area contributed by atoms with Crippen molar-refractivity contribution in [3.8, 4) is 5.75 Å². The Kier molecular flexibility index (Phi) is 4.42. The van der Waals surface area contributed by atoms with E-state index in [2.05, 4.69) is 30.3 Å². The SMILES string of the molecule is CCOc1cncc(C(NN)C2CCCC2(C)C)c1. The van der Waals surface area contributed by atoms with E-state index >= 15 is 0 Å². The largest absolute Gasteiger partial charge is 0.492 e. The van der Waals surface area contributed by atoms with Gasteiger partial charge < -0.3 is 4.74 Å². The Hall–Kier alpha value is -1.13. The third-order valence-electron chi connectivity index (χ3n) is 4.33. The summed E-state index contributed by atoms with van der Waals surface area (Å²) >= 11 is 0. The predicted octanol–water partition coefficient (Wildman–Crippen LogP) is 2.81. The number of nitrogens with one attached hydrogen (secondary N) is 1. The third-order valence-corrected chi connectivity index (χ3v) is 4.33. The van der Waals surface area contributed by atoms with Crippen LogP contribution < -0.4 is 16.0 Å². The standard InChI is InChI=1S/C15H25N3O/c1-4-19-12-8-11(9-17-10-12)14(18-16)13-6-5-7-15(13,2)3/h8-10,13-14,18H,4-7,16H2,1-3H3. The molecule has 0 amide bonds. The zero-order valence-corrected chi connectivity index (χ0v) is 12.1. The lowest BCUT2D eigenvalue weighted by atomic mass is 9.76. The van der Waals surface area contributed by atoms with Gasteiger partial charge in [0.15, 0.2) is 0 Å². The lowest BCUT2D eigenvalue weighted by Crippen LogP contribution is -2.37. The van der Waals surface area contributed by atoms with Crippen LogP contribution >= 0.6 is 0 Å². The molecule has 1 saturated carbocycles. The van der Waals surface area contributed by atoms with Crippen molar-refractivity contribution in [2.24, 2.45) is 17.2 Å². The Morgan fingerprint density at radius 2 is 2.32 bits per heavy atom. The van der Waals surface area contributed by atoms with Crippen LogP contribution in [0.25, 0.3) is 0 Å². The van der Waals surface area contributed by atoms with Crippen molar-refractivity contribution >= 4 is 0 Å². The quantitative estimate of drug-likeness (QED) is 0.633. The molecule has 0 saturated heterocycles. The molecule has 2 rings (SSSR count). The summed E-state index contributed by atoms with van der Waals surface area (Å²) in [5.41, 5.74) is 4.43. The number of aromatic nitrogens is 1. The number of ether oxygens (including phenoxy) is 1. The minimum absolute atomic E-state index is 0.144. The molecule has 0 spiro atoms. The maximum Gasteiger partial charge on any atom is 0.137 e. The minimum Gasteiger partial charge on any atom is -0.492 e. The Bertz CT molecular complexity index is 420. The number of hydrogen-bond acceptors (Lipinski definition) is 4. The summed E-state index contributed by atoms with van der Waals surface area (Å²) in [6, 6.07) is 2.19. The highest BCUT2D eigenvalue weighted by Gasteiger charge is 2.39. The predicted molar refractivity (Wildman–Crippen MR) is 76.6 cm³/mol. The van der Waals surface area contributed by atoms with E-state index in [0.717, 1.165) is 11.3 Å². The summed E-state index contributed by atoms with van der Waals surface area (Å²) in [7, 11) is 0. The Labute approximate surface area is 115 Å². The highest BCUT2D eigenvalue weighted by atomic mass is 16.5. The highest BCUT2D eigenvalue weighted by Crippen LogP contribution is 2.48. The van der Waals surface area contributed by atoms with Crippen molar-refractivity contribution in [3.63, 3.8) is 0 Å². The molecule has 4 nitrogen and oxygen atoms in total. The smallest absolute Gasteiger partial charge is 0.137 e. The Balaban J connectivity index is 2.24. The van der Waals surface area contributed by atoms with E-state index in [0.29, 0.717) is 17.9 Å². The van der Waals surface area contributed by atoms with Gasteiger partial charge in [-0.05, 0) is 42.7 Å². The van der Waals surface area contributed by atoms with Crippen molar-refractivity contribution in [1.82, 2.24) is 10.4 Å². The van der Waals surface area contributed by atoms with Crippen LogP contribution in [0.2, 0.25) is 0 Å². The maximum atomic E-state index is 5.81. The van der Waals surface area contributed by atoms with Gasteiger partial charge in [0, 0.05) is 6.20 Å². The molecule has 1 aromatic rings. The normalized spacial score (nSPS) is 23.3. The summed E-state index contributed by atoms with van der Waals surface area (Å²) in [5.74, 6) is 7.17. The fraction of sp³-hybridized carbons (Fsp3) is 0.667. The van der Waals surface area contributed by atoms with Gasteiger partial charge in [0.05, 0.1) is 18.8 Å². The van der Waals surface area contributed by atoms with Crippen LogP contribution in [0.15, 0.2) is 18.5 Å². The van der Waals surface area contributed by atoms with Crippen molar-refractivity contribution in [3.05, 3.63) is 24.0 Å². The first-order chi connectivity index (χ1) is 9.08. The van der Waals surface area contributed by atoms with E-state index < -0.39 is 0 Å². The van der Waals surface area contributed by atoms with E-state index in [1.54, 1.807) is 6.20 Å². The molecular formula is C15H25N3O. The molecule has 0 bridgehead atoms. The molecule has 106 valence electrons. The summed E-state index contributed by atoms with van der Waals surface area (Å²) in [6.07, 6.45) is 7.38. The number of hydrazine groups is 1. The fourth-order valence-electron chi connectivity index (χ4n) is 3.27. The van der Waals surface area contributed by atoms with E-state index in [9.17, 15) is 0 Å². The van der Waals surface area contributed by atoms with Gasteiger partial charge in [-0.3, -0.25) is 16.3 Å². The van der Waals surface area contributed by atoms with E-state index in [4.69, 9.17) is 10.6 Å². The van der Waals surface area contributed by atoms with Gasteiger partial charge in [-0.25, -0.2) is 0 Å². The first kappa shape index (κ1) is 14.3. The molecule has 19 heavy (non-hydrogen) atoms. The second-order valence-electron chi connectivity index (χ2n) is 6.02. The fourth-order valence-corrected chi connectivity index (χ4v) is 3.27. The molecule has 1 aliphatic carbocycles. The topological polar surface area (TPSA) is 60.2 Å². The number of nitrogens with two attached hydrogens (primary N) is 1. The van der Waals surface area contributed by atoms with Gasteiger partial charge in [0.2, 0.25) is 0 Å². The van der Waals surface area contributed by atoms with Crippen LogP contribution in [0.5, 0.6) is 5.75 Å². The molecule has 2 unspecified atom stereocenters. The van der Waals surface area contributed by atoms with Gasteiger partial charge in [-0.1, -0.05) is 20.3 Å². The van der Waals surface area contributed by atoms with Crippen molar-refractivity contribution in [2.45, 2.75) is 46.1 Å². The summed E-state index contributed by atoms with van der Waals surface area (Å²) < 4.78 is 5.52. The van der Waals surface area contributed by atoms with Gasteiger partial charge in [0.25, 0.3) is 0 Å². The second kappa shape index (κ2) is 5.88. The van der Waals surface area contributed by atoms with Crippen LogP contribution in [-0.4, -0.2) is 11.6 Å². The Morgan fingerprint density at radius 3 is 2.89 bits per heavy atom. The van der Waals surface area contributed by atoms with E-state index in [-0.39, 0.29) is 6.04 Å². The average molecular weight is 263 g/mol. The molecule has 0 radical (unpaired) electrons. The lowest BCUT2D eigenvalue weighted by Gasteiger charge is -2.34. The first-order valence-corrected chi connectivity index (χ1v) is 7.12. The molecular weight excluding hydrogens is 238 g/mol. The van der Waals surface area contributed by atoms with Crippen molar-refractivity contribution < 1.29 is 4.74 Å². The highest BCUT2D eigenvalue weighted by molar-refractivity contribution is 5.27. The molecule has 3 N–H and O–H groups in total. The number of pyridine rings is 1.